The second-order valence-electron chi connectivity index (χ2n) is 5.35. The van der Waals surface area contributed by atoms with Gasteiger partial charge in [0.1, 0.15) is 0 Å². The second-order valence-corrected chi connectivity index (χ2v) is 5.76. The monoisotopic (exact) mass is 332 g/mol. The number of amides is 1. The zero-order valence-corrected chi connectivity index (χ0v) is 13.8. The molecule has 0 spiro atoms. The fourth-order valence-electron chi connectivity index (χ4n) is 2.63. The molecule has 1 aliphatic rings. The number of carbonyl (C=O) groups is 1. The Labute approximate surface area is 137 Å². The first kappa shape index (κ1) is 18.2. The maximum Gasteiger partial charge on any atom is 0.230 e. The minimum Gasteiger partial charge on any atom is -0.381 e. The molecule has 0 aliphatic carbocycles. The van der Waals surface area contributed by atoms with E-state index in [2.05, 4.69) is 0 Å². The minimum atomic E-state index is -0.478. The Morgan fingerprint density at radius 1 is 1.38 bits per heavy atom. The van der Waals surface area contributed by atoms with Crippen LogP contribution in [-0.4, -0.2) is 37.6 Å². The average molecular weight is 333 g/mol. The molecule has 21 heavy (non-hydrogen) atoms. The van der Waals surface area contributed by atoms with Crippen molar-refractivity contribution in [2.45, 2.75) is 19.4 Å². The fraction of sp³-hybridized carbons (Fsp3) is 0.533. The van der Waals surface area contributed by atoms with Crippen LogP contribution in [-0.2, 0) is 16.1 Å². The molecule has 1 fully saturated rings. The van der Waals surface area contributed by atoms with Crippen molar-refractivity contribution < 1.29 is 9.53 Å². The van der Waals surface area contributed by atoms with E-state index in [0.29, 0.717) is 44.2 Å². The van der Waals surface area contributed by atoms with Crippen molar-refractivity contribution in [1.29, 1.82) is 0 Å². The molecule has 118 valence electrons. The van der Waals surface area contributed by atoms with Gasteiger partial charge in [0.05, 0.1) is 5.41 Å². The highest BCUT2D eigenvalue weighted by molar-refractivity contribution is 6.31. The number of ether oxygens (including phenoxy) is 1. The van der Waals surface area contributed by atoms with Crippen LogP contribution in [0.5, 0.6) is 0 Å². The summed E-state index contributed by atoms with van der Waals surface area (Å²) in [6.45, 7) is 2.06. The van der Waals surface area contributed by atoms with Crippen molar-refractivity contribution >= 4 is 29.9 Å². The average Bonchev–Trinajstić information content (AvgIpc) is 2.49. The van der Waals surface area contributed by atoms with E-state index in [1.807, 2.05) is 24.3 Å². The first-order chi connectivity index (χ1) is 9.59. The van der Waals surface area contributed by atoms with Crippen molar-refractivity contribution in [1.82, 2.24) is 4.90 Å². The van der Waals surface area contributed by atoms with E-state index in [1.54, 1.807) is 11.9 Å². The molecule has 0 atom stereocenters. The van der Waals surface area contributed by atoms with E-state index < -0.39 is 5.41 Å². The number of carbonyl (C=O) groups excluding carboxylic acids is 1. The molecule has 1 aliphatic heterocycles. The van der Waals surface area contributed by atoms with E-state index in [1.165, 1.54) is 0 Å². The summed E-state index contributed by atoms with van der Waals surface area (Å²) in [6.07, 6.45) is 1.38. The third-order valence-electron chi connectivity index (χ3n) is 4.01. The SMILES string of the molecule is CN(Cc1ccccc1Cl)C(=O)C1(CN)CCOCC1.Cl. The van der Waals surface area contributed by atoms with Gasteiger partial charge in [-0.15, -0.1) is 12.4 Å². The van der Waals surface area contributed by atoms with E-state index in [-0.39, 0.29) is 18.3 Å². The standard InChI is InChI=1S/C15H21ClN2O2.ClH/c1-18(10-12-4-2-3-5-13(12)16)14(19)15(11-17)6-8-20-9-7-15;/h2-5H,6-11,17H2,1H3;1H. The molecule has 6 heteroatoms. The lowest BCUT2D eigenvalue weighted by Gasteiger charge is -2.37. The second kappa shape index (κ2) is 7.99. The van der Waals surface area contributed by atoms with Gasteiger partial charge in [-0.1, -0.05) is 29.8 Å². The Kier molecular flexibility index (Phi) is 6.94. The molecule has 1 amide bonds. The molecule has 1 saturated heterocycles. The smallest absolute Gasteiger partial charge is 0.230 e. The van der Waals surface area contributed by atoms with Crippen molar-refractivity contribution in [3.63, 3.8) is 0 Å². The summed E-state index contributed by atoms with van der Waals surface area (Å²) < 4.78 is 5.35. The van der Waals surface area contributed by atoms with E-state index in [0.717, 1.165) is 5.56 Å². The van der Waals surface area contributed by atoms with Gasteiger partial charge in [0, 0.05) is 38.4 Å². The zero-order chi connectivity index (χ0) is 14.6. The topological polar surface area (TPSA) is 55.6 Å². The van der Waals surface area contributed by atoms with Gasteiger partial charge in [0.15, 0.2) is 0 Å². The van der Waals surface area contributed by atoms with Crippen molar-refractivity contribution in [2.24, 2.45) is 11.1 Å². The van der Waals surface area contributed by atoms with Gasteiger partial charge >= 0.3 is 0 Å². The lowest BCUT2D eigenvalue weighted by Crippen LogP contribution is -2.49. The molecule has 2 rings (SSSR count). The largest absolute Gasteiger partial charge is 0.381 e. The van der Waals surface area contributed by atoms with Gasteiger partial charge in [-0.25, -0.2) is 0 Å². The zero-order valence-electron chi connectivity index (χ0n) is 12.2. The molecule has 0 bridgehead atoms. The number of hydrogen-bond acceptors (Lipinski definition) is 3. The highest BCUT2D eigenvalue weighted by Gasteiger charge is 2.40. The van der Waals surface area contributed by atoms with E-state index >= 15 is 0 Å². The van der Waals surface area contributed by atoms with Gasteiger partial charge in [-0.3, -0.25) is 4.79 Å². The molecule has 0 unspecified atom stereocenters. The van der Waals surface area contributed by atoms with Crippen LogP contribution in [0.15, 0.2) is 24.3 Å². The number of benzene rings is 1. The third kappa shape index (κ3) is 4.10. The van der Waals surface area contributed by atoms with Gasteiger partial charge in [0.25, 0.3) is 0 Å². The molecule has 2 N–H and O–H groups in total. The number of hydrogen-bond donors (Lipinski definition) is 1. The number of rotatable bonds is 4. The van der Waals surface area contributed by atoms with Crippen LogP contribution in [0.2, 0.25) is 5.02 Å². The van der Waals surface area contributed by atoms with Crippen molar-refractivity contribution in [3.8, 4) is 0 Å². The van der Waals surface area contributed by atoms with Crippen LogP contribution in [0.25, 0.3) is 0 Å². The summed E-state index contributed by atoms with van der Waals surface area (Å²) in [5.41, 5.74) is 6.34. The van der Waals surface area contributed by atoms with Crippen LogP contribution in [0, 0.1) is 5.41 Å². The lowest BCUT2D eigenvalue weighted by molar-refractivity contribution is -0.146. The normalized spacial score (nSPS) is 16.9. The van der Waals surface area contributed by atoms with E-state index in [4.69, 9.17) is 22.1 Å². The lowest BCUT2D eigenvalue weighted by atomic mass is 9.79. The van der Waals surface area contributed by atoms with Crippen molar-refractivity contribution in [2.75, 3.05) is 26.8 Å². The molecule has 0 saturated carbocycles. The van der Waals surface area contributed by atoms with E-state index in [9.17, 15) is 4.79 Å². The predicted octanol–water partition coefficient (Wildman–Crippen LogP) is 2.48. The molecule has 1 aromatic carbocycles. The molecule has 1 heterocycles. The fourth-order valence-corrected chi connectivity index (χ4v) is 2.82. The highest BCUT2D eigenvalue weighted by Crippen LogP contribution is 2.32. The van der Waals surface area contributed by atoms with Crippen LogP contribution in [0.3, 0.4) is 0 Å². The van der Waals surface area contributed by atoms with Crippen LogP contribution < -0.4 is 5.73 Å². The number of nitrogens with zero attached hydrogens (tertiary/aromatic N) is 1. The highest BCUT2D eigenvalue weighted by atomic mass is 35.5. The predicted molar refractivity (Wildman–Crippen MR) is 86.7 cm³/mol. The quantitative estimate of drug-likeness (QED) is 0.921. The summed E-state index contributed by atoms with van der Waals surface area (Å²) in [6, 6.07) is 7.58. The number of nitrogens with two attached hydrogens (primary N) is 1. The molecule has 1 aromatic rings. The first-order valence-electron chi connectivity index (χ1n) is 6.86. The van der Waals surface area contributed by atoms with Gasteiger partial charge in [-0.2, -0.15) is 0 Å². The Morgan fingerprint density at radius 3 is 2.57 bits per heavy atom. The number of halogens is 2. The summed E-state index contributed by atoms with van der Waals surface area (Å²) >= 11 is 6.14. The van der Waals surface area contributed by atoms with Crippen LogP contribution in [0.1, 0.15) is 18.4 Å². The van der Waals surface area contributed by atoms with Crippen LogP contribution in [0.4, 0.5) is 0 Å². The summed E-state index contributed by atoms with van der Waals surface area (Å²) in [7, 11) is 1.80. The summed E-state index contributed by atoms with van der Waals surface area (Å²) in [4.78, 5) is 14.4. The Morgan fingerprint density at radius 2 is 2.00 bits per heavy atom. The summed E-state index contributed by atoms with van der Waals surface area (Å²) in [5.74, 6) is 0.0863. The Balaban J connectivity index is 0.00000220. The van der Waals surface area contributed by atoms with Crippen LogP contribution >= 0.6 is 24.0 Å². The molecule has 0 radical (unpaired) electrons. The van der Waals surface area contributed by atoms with Gasteiger partial charge in [-0.05, 0) is 24.5 Å². The first-order valence-corrected chi connectivity index (χ1v) is 7.24. The van der Waals surface area contributed by atoms with Gasteiger partial charge < -0.3 is 15.4 Å². The molecule has 0 aromatic heterocycles. The minimum absolute atomic E-state index is 0. The molecule has 4 nitrogen and oxygen atoms in total. The Hall–Kier alpha value is -0.810. The third-order valence-corrected chi connectivity index (χ3v) is 4.38. The molecular weight excluding hydrogens is 311 g/mol. The molecular formula is C15H22Cl2N2O2. The van der Waals surface area contributed by atoms with Crippen molar-refractivity contribution in [3.05, 3.63) is 34.9 Å². The summed E-state index contributed by atoms with van der Waals surface area (Å²) in [5, 5.41) is 0.681. The Bertz CT molecular complexity index is 476. The van der Waals surface area contributed by atoms with Gasteiger partial charge in [0.2, 0.25) is 5.91 Å². The maximum atomic E-state index is 12.7. The maximum absolute atomic E-state index is 12.7.